The summed E-state index contributed by atoms with van der Waals surface area (Å²) in [5, 5.41) is 0. The van der Waals surface area contributed by atoms with Gasteiger partial charge in [-0.1, -0.05) is 38.8 Å². The van der Waals surface area contributed by atoms with Crippen LogP contribution in [0.2, 0.25) is 0 Å². The number of alkyl halides is 3. The van der Waals surface area contributed by atoms with Crippen LogP contribution < -0.4 is 4.74 Å². The van der Waals surface area contributed by atoms with E-state index in [1.807, 2.05) is 13.0 Å². The lowest BCUT2D eigenvalue weighted by atomic mass is 9.95. The van der Waals surface area contributed by atoms with Crippen LogP contribution >= 0.6 is 0 Å². The maximum Gasteiger partial charge on any atom is 0.573 e. The van der Waals surface area contributed by atoms with Crippen molar-refractivity contribution >= 4 is 0 Å². The van der Waals surface area contributed by atoms with Crippen molar-refractivity contribution in [2.75, 3.05) is 0 Å². The van der Waals surface area contributed by atoms with E-state index in [4.69, 9.17) is 0 Å². The van der Waals surface area contributed by atoms with Crippen LogP contribution in [0.1, 0.15) is 44.6 Å². The molecule has 4 heteroatoms. The third kappa shape index (κ3) is 5.11. The van der Waals surface area contributed by atoms with Crippen LogP contribution in [0.4, 0.5) is 13.2 Å². The Morgan fingerprint density at radius 3 is 2.59 bits per heavy atom. The second kappa shape index (κ2) is 5.94. The number of hydrogen-bond acceptors (Lipinski definition) is 1. The Morgan fingerprint density at radius 1 is 1.29 bits per heavy atom. The van der Waals surface area contributed by atoms with Gasteiger partial charge in [0.2, 0.25) is 0 Å². The molecule has 0 aliphatic rings. The lowest BCUT2D eigenvalue weighted by Gasteiger charge is -2.14. The first kappa shape index (κ1) is 13.9. The van der Waals surface area contributed by atoms with Crippen molar-refractivity contribution in [3.63, 3.8) is 0 Å². The third-order valence-electron chi connectivity index (χ3n) is 2.65. The Balaban J connectivity index is 2.71. The van der Waals surface area contributed by atoms with Crippen molar-refractivity contribution in [1.82, 2.24) is 0 Å². The minimum Gasteiger partial charge on any atom is -0.406 e. The fourth-order valence-corrected chi connectivity index (χ4v) is 1.70. The van der Waals surface area contributed by atoms with Gasteiger partial charge in [0.25, 0.3) is 0 Å². The molecule has 0 saturated carbocycles. The highest BCUT2D eigenvalue weighted by atomic mass is 19.4. The molecular weight excluding hydrogens is 229 g/mol. The summed E-state index contributed by atoms with van der Waals surface area (Å²) < 4.78 is 40.1. The van der Waals surface area contributed by atoms with Gasteiger partial charge in [-0.3, -0.25) is 0 Å². The molecule has 0 heterocycles. The zero-order valence-electron chi connectivity index (χ0n) is 10.1. The Kier molecular flexibility index (Phi) is 4.85. The number of halogens is 3. The Bertz CT molecular complexity index is 347. The quantitative estimate of drug-likeness (QED) is 0.719. The topological polar surface area (TPSA) is 9.23 Å². The van der Waals surface area contributed by atoms with E-state index in [9.17, 15) is 13.2 Å². The van der Waals surface area contributed by atoms with E-state index in [-0.39, 0.29) is 11.7 Å². The highest BCUT2D eigenvalue weighted by Crippen LogP contribution is 2.28. The summed E-state index contributed by atoms with van der Waals surface area (Å²) in [6.07, 6.45) is -1.48. The first-order valence-corrected chi connectivity index (χ1v) is 5.78. The molecule has 0 amide bonds. The minimum absolute atomic E-state index is 0.140. The standard InChI is InChI=1S/C13H17F3O/c1-3-4-6-10(2)11-7-5-8-12(9-11)17-13(14,15)16/h5,7-10H,3-4,6H2,1-2H3/t10-/m1/s1. The normalized spacial score (nSPS) is 13.5. The van der Waals surface area contributed by atoms with Crippen molar-refractivity contribution in [1.29, 1.82) is 0 Å². The second-order valence-electron chi connectivity index (χ2n) is 4.16. The number of ether oxygens (including phenoxy) is 1. The summed E-state index contributed by atoms with van der Waals surface area (Å²) >= 11 is 0. The van der Waals surface area contributed by atoms with Gasteiger partial charge in [0.1, 0.15) is 5.75 Å². The van der Waals surface area contributed by atoms with E-state index in [1.165, 1.54) is 12.1 Å². The van der Waals surface area contributed by atoms with E-state index < -0.39 is 6.36 Å². The Hall–Kier alpha value is -1.19. The molecule has 0 radical (unpaired) electrons. The van der Waals surface area contributed by atoms with Crippen molar-refractivity contribution in [2.24, 2.45) is 0 Å². The van der Waals surface area contributed by atoms with E-state index in [0.717, 1.165) is 24.8 Å². The van der Waals surface area contributed by atoms with Gasteiger partial charge < -0.3 is 4.74 Å². The highest BCUT2D eigenvalue weighted by Gasteiger charge is 2.31. The molecule has 0 aromatic heterocycles. The number of rotatable bonds is 5. The van der Waals surface area contributed by atoms with Gasteiger partial charge in [-0.05, 0) is 30.0 Å². The summed E-state index contributed by atoms with van der Waals surface area (Å²) in [7, 11) is 0. The lowest BCUT2D eigenvalue weighted by molar-refractivity contribution is -0.274. The van der Waals surface area contributed by atoms with Crippen LogP contribution in [0.3, 0.4) is 0 Å². The molecule has 96 valence electrons. The molecule has 0 bridgehead atoms. The average molecular weight is 246 g/mol. The lowest BCUT2D eigenvalue weighted by Crippen LogP contribution is -2.17. The van der Waals surface area contributed by atoms with Gasteiger partial charge in [-0.15, -0.1) is 13.2 Å². The third-order valence-corrected chi connectivity index (χ3v) is 2.65. The summed E-state index contributed by atoms with van der Waals surface area (Å²) in [6, 6.07) is 6.22. The molecule has 0 saturated heterocycles. The fraction of sp³-hybridized carbons (Fsp3) is 0.538. The molecular formula is C13H17F3O. The van der Waals surface area contributed by atoms with Gasteiger partial charge in [0.15, 0.2) is 0 Å². The molecule has 1 nitrogen and oxygen atoms in total. The molecule has 0 N–H and O–H groups in total. The van der Waals surface area contributed by atoms with Crippen molar-refractivity contribution in [3.8, 4) is 5.75 Å². The van der Waals surface area contributed by atoms with Crippen molar-refractivity contribution < 1.29 is 17.9 Å². The van der Waals surface area contributed by atoms with E-state index in [1.54, 1.807) is 6.07 Å². The first-order chi connectivity index (χ1) is 7.92. The van der Waals surface area contributed by atoms with Crippen LogP contribution in [0.25, 0.3) is 0 Å². The van der Waals surface area contributed by atoms with Crippen LogP contribution in [-0.2, 0) is 0 Å². The molecule has 17 heavy (non-hydrogen) atoms. The summed E-state index contributed by atoms with van der Waals surface area (Å²) in [5.74, 6) is 0.116. The van der Waals surface area contributed by atoms with Crippen molar-refractivity contribution in [3.05, 3.63) is 29.8 Å². The molecule has 0 spiro atoms. The van der Waals surface area contributed by atoms with Crippen molar-refractivity contribution in [2.45, 2.75) is 45.4 Å². The Labute approximate surface area is 99.6 Å². The molecule has 0 unspecified atom stereocenters. The van der Waals surface area contributed by atoms with E-state index >= 15 is 0 Å². The zero-order valence-corrected chi connectivity index (χ0v) is 10.1. The molecule has 1 aromatic rings. The maximum absolute atomic E-state index is 12.1. The van der Waals surface area contributed by atoms with Crippen LogP contribution in [0.5, 0.6) is 5.75 Å². The minimum atomic E-state index is -4.62. The van der Waals surface area contributed by atoms with Crippen LogP contribution in [0, 0.1) is 0 Å². The predicted molar refractivity (Wildman–Crippen MR) is 61.1 cm³/mol. The van der Waals surface area contributed by atoms with Crippen LogP contribution in [-0.4, -0.2) is 6.36 Å². The Morgan fingerprint density at radius 2 is 2.00 bits per heavy atom. The highest BCUT2D eigenvalue weighted by molar-refractivity contribution is 5.30. The van der Waals surface area contributed by atoms with E-state index in [2.05, 4.69) is 11.7 Å². The predicted octanol–water partition coefficient (Wildman–Crippen LogP) is 4.88. The molecule has 1 rings (SSSR count). The second-order valence-corrected chi connectivity index (χ2v) is 4.16. The molecule has 0 aliphatic carbocycles. The van der Waals surface area contributed by atoms with Gasteiger partial charge >= 0.3 is 6.36 Å². The largest absolute Gasteiger partial charge is 0.573 e. The smallest absolute Gasteiger partial charge is 0.406 e. The van der Waals surface area contributed by atoms with Crippen LogP contribution in [0.15, 0.2) is 24.3 Å². The number of benzene rings is 1. The van der Waals surface area contributed by atoms with Gasteiger partial charge in [0, 0.05) is 0 Å². The van der Waals surface area contributed by atoms with E-state index in [0.29, 0.717) is 0 Å². The number of unbranched alkanes of at least 4 members (excludes halogenated alkanes) is 1. The molecule has 1 aromatic carbocycles. The van der Waals surface area contributed by atoms with Gasteiger partial charge in [-0.2, -0.15) is 0 Å². The van der Waals surface area contributed by atoms with Gasteiger partial charge in [-0.25, -0.2) is 0 Å². The molecule has 1 atom stereocenters. The monoisotopic (exact) mass is 246 g/mol. The summed E-state index contributed by atoms with van der Waals surface area (Å²) in [6.45, 7) is 4.11. The van der Waals surface area contributed by atoms with Gasteiger partial charge in [0.05, 0.1) is 0 Å². The summed E-state index contributed by atoms with van der Waals surface area (Å²) in [4.78, 5) is 0. The molecule has 0 fully saturated rings. The maximum atomic E-state index is 12.1. The fourth-order valence-electron chi connectivity index (χ4n) is 1.70. The SMILES string of the molecule is CCCC[C@@H](C)c1cccc(OC(F)(F)F)c1. The zero-order chi connectivity index (χ0) is 12.9. The first-order valence-electron chi connectivity index (χ1n) is 5.78. The molecule has 0 aliphatic heterocycles. The summed E-state index contributed by atoms with van der Waals surface area (Å²) in [5.41, 5.74) is 0.889. The number of hydrogen-bond donors (Lipinski definition) is 0. The average Bonchev–Trinajstić information content (AvgIpc) is 2.24.